The first-order valence-electron chi connectivity index (χ1n) is 5.47. The Bertz CT molecular complexity index is 568. The van der Waals surface area contributed by atoms with Gasteiger partial charge in [0.15, 0.2) is 0 Å². The second-order valence-corrected chi connectivity index (χ2v) is 4.59. The third-order valence-corrected chi connectivity index (χ3v) is 3.14. The summed E-state index contributed by atoms with van der Waals surface area (Å²) >= 11 is 5.77. The lowest BCUT2D eigenvalue weighted by molar-refractivity contribution is 0.529. The molecule has 5 heteroatoms. The molecule has 1 aromatic heterocycles. The van der Waals surface area contributed by atoms with Crippen molar-refractivity contribution < 1.29 is 8.81 Å². The second-order valence-electron chi connectivity index (χ2n) is 4.18. The van der Waals surface area contributed by atoms with Crippen LogP contribution in [0.2, 0.25) is 5.02 Å². The van der Waals surface area contributed by atoms with Crippen molar-refractivity contribution in [2.24, 2.45) is 0 Å². The Kier molecular flexibility index (Phi) is 3.48. The summed E-state index contributed by atoms with van der Waals surface area (Å²) in [6.07, 6.45) is 1.64. The van der Waals surface area contributed by atoms with E-state index in [1.807, 2.05) is 24.9 Å². The van der Waals surface area contributed by atoms with Gasteiger partial charge in [-0.15, -0.1) is 0 Å². The van der Waals surface area contributed by atoms with Crippen LogP contribution in [0.25, 0.3) is 0 Å². The van der Waals surface area contributed by atoms with E-state index in [-0.39, 0.29) is 5.02 Å². The maximum atomic E-state index is 13.2. The Morgan fingerprint density at radius 1 is 1.44 bits per heavy atom. The smallest absolute Gasteiger partial charge is 0.143 e. The summed E-state index contributed by atoms with van der Waals surface area (Å²) in [6, 6.07) is 4.66. The van der Waals surface area contributed by atoms with Crippen molar-refractivity contribution in [3.8, 4) is 0 Å². The van der Waals surface area contributed by atoms with Crippen molar-refractivity contribution in [3.63, 3.8) is 0 Å². The number of benzene rings is 1. The monoisotopic (exact) mass is 268 g/mol. The number of nitrogens with two attached hydrogens (primary N) is 1. The molecule has 0 spiro atoms. The fraction of sp³-hybridized carbons (Fsp3) is 0.231. The van der Waals surface area contributed by atoms with Crippen LogP contribution in [0.15, 0.2) is 28.9 Å². The SMILES string of the molecule is Cc1occc1CN(C)c1cc(Cl)c(F)cc1N. The van der Waals surface area contributed by atoms with Crippen LogP contribution in [-0.4, -0.2) is 7.05 Å². The zero-order chi connectivity index (χ0) is 13.3. The molecule has 96 valence electrons. The predicted octanol–water partition coefficient (Wildman–Crippen LogP) is 3.60. The molecule has 0 unspecified atom stereocenters. The largest absolute Gasteiger partial charge is 0.469 e. The number of hydrogen-bond donors (Lipinski definition) is 1. The summed E-state index contributed by atoms with van der Waals surface area (Å²) in [4.78, 5) is 1.90. The molecule has 1 aromatic carbocycles. The molecule has 0 saturated heterocycles. The van der Waals surface area contributed by atoms with Crippen molar-refractivity contribution >= 4 is 23.0 Å². The summed E-state index contributed by atoms with van der Waals surface area (Å²) in [5, 5.41) is 0.0648. The molecule has 0 amide bonds. The molecule has 3 nitrogen and oxygen atoms in total. The minimum absolute atomic E-state index is 0.0648. The zero-order valence-corrected chi connectivity index (χ0v) is 11.0. The maximum Gasteiger partial charge on any atom is 0.143 e. The van der Waals surface area contributed by atoms with Crippen LogP contribution in [0.4, 0.5) is 15.8 Å². The average Bonchev–Trinajstić information content (AvgIpc) is 2.69. The van der Waals surface area contributed by atoms with Gasteiger partial charge in [0, 0.05) is 25.2 Å². The average molecular weight is 269 g/mol. The van der Waals surface area contributed by atoms with E-state index in [0.29, 0.717) is 17.9 Å². The van der Waals surface area contributed by atoms with Crippen molar-refractivity contribution in [1.82, 2.24) is 0 Å². The lowest BCUT2D eigenvalue weighted by Gasteiger charge is -2.21. The first-order chi connectivity index (χ1) is 8.49. The number of anilines is 2. The van der Waals surface area contributed by atoms with Crippen molar-refractivity contribution in [2.75, 3.05) is 17.7 Å². The van der Waals surface area contributed by atoms with Gasteiger partial charge >= 0.3 is 0 Å². The van der Waals surface area contributed by atoms with Gasteiger partial charge in [-0.3, -0.25) is 0 Å². The molecule has 2 aromatic rings. The van der Waals surface area contributed by atoms with Crippen LogP contribution in [0.3, 0.4) is 0 Å². The summed E-state index contributed by atoms with van der Waals surface area (Å²) in [5.74, 6) is 0.347. The van der Waals surface area contributed by atoms with Crippen LogP contribution < -0.4 is 10.6 Å². The van der Waals surface area contributed by atoms with Gasteiger partial charge in [-0.1, -0.05) is 11.6 Å². The Balaban J connectivity index is 2.26. The molecule has 2 N–H and O–H groups in total. The molecule has 0 aliphatic carbocycles. The van der Waals surface area contributed by atoms with E-state index >= 15 is 0 Å². The number of furan rings is 1. The van der Waals surface area contributed by atoms with E-state index in [4.69, 9.17) is 21.8 Å². The Morgan fingerprint density at radius 3 is 2.78 bits per heavy atom. The van der Waals surface area contributed by atoms with E-state index in [1.165, 1.54) is 12.1 Å². The second kappa shape index (κ2) is 4.90. The molecule has 0 fully saturated rings. The molecule has 2 rings (SSSR count). The highest BCUT2D eigenvalue weighted by Gasteiger charge is 2.12. The van der Waals surface area contributed by atoms with E-state index in [9.17, 15) is 4.39 Å². The first kappa shape index (κ1) is 12.8. The molecule has 0 aliphatic rings. The van der Waals surface area contributed by atoms with Crippen molar-refractivity contribution in [3.05, 3.63) is 46.6 Å². The van der Waals surface area contributed by atoms with Crippen molar-refractivity contribution in [2.45, 2.75) is 13.5 Å². The highest BCUT2D eigenvalue weighted by Crippen LogP contribution is 2.29. The fourth-order valence-electron chi connectivity index (χ4n) is 1.80. The zero-order valence-electron chi connectivity index (χ0n) is 10.2. The molecule has 1 heterocycles. The van der Waals surface area contributed by atoms with E-state index in [2.05, 4.69) is 0 Å². The molecule has 18 heavy (non-hydrogen) atoms. The quantitative estimate of drug-likeness (QED) is 0.865. The molecular formula is C13H14ClFN2O. The highest BCUT2D eigenvalue weighted by molar-refractivity contribution is 6.31. The lowest BCUT2D eigenvalue weighted by Crippen LogP contribution is -2.18. The van der Waals surface area contributed by atoms with E-state index in [0.717, 1.165) is 11.3 Å². The van der Waals surface area contributed by atoms with Crippen LogP contribution in [0, 0.1) is 12.7 Å². The van der Waals surface area contributed by atoms with Crippen LogP contribution in [0.5, 0.6) is 0 Å². The van der Waals surface area contributed by atoms with Gasteiger partial charge < -0.3 is 15.1 Å². The molecule has 0 radical (unpaired) electrons. The lowest BCUT2D eigenvalue weighted by atomic mass is 10.2. The van der Waals surface area contributed by atoms with Gasteiger partial charge in [-0.05, 0) is 19.1 Å². The number of aryl methyl sites for hydroxylation is 1. The number of hydrogen-bond acceptors (Lipinski definition) is 3. The Morgan fingerprint density at radius 2 is 2.17 bits per heavy atom. The number of nitrogens with zero attached hydrogens (tertiary/aromatic N) is 1. The standard InChI is InChI=1S/C13H14ClFN2O/c1-8-9(3-4-18-8)7-17(2)13-5-10(14)11(15)6-12(13)16/h3-6H,7,16H2,1-2H3. The molecule has 0 aliphatic heterocycles. The van der Waals surface area contributed by atoms with Gasteiger partial charge in [-0.2, -0.15) is 0 Å². The highest BCUT2D eigenvalue weighted by atomic mass is 35.5. The molecule has 0 bridgehead atoms. The maximum absolute atomic E-state index is 13.2. The molecular weight excluding hydrogens is 255 g/mol. The van der Waals surface area contributed by atoms with Gasteiger partial charge in [0.2, 0.25) is 0 Å². The van der Waals surface area contributed by atoms with Crippen LogP contribution in [-0.2, 0) is 6.54 Å². The fourth-order valence-corrected chi connectivity index (χ4v) is 1.96. The van der Waals surface area contributed by atoms with Gasteiger partial charge in [0.25, 0.3) is 0 Å². The van der Waals surface area contributed by atoms with Gasteiger partial charge in [0.05, 0.1) is 22.7 Å². The predicted molar refractivity (Wildman–Crippen MR) is 71.4 cm³/mol. The topological polar surface area (TPSA) is 42.4 Å². The molecule has 0 atom stereocenters. The minimum atomic E-state index is -0.509. The third kappa shape index (κ3) is 2.43. The first-order valence-corrected chi connectivity index (χ1v) is 5.85. The normalized spacial score (nSPS) is 10.7. The summed E-state index contributed by atoms with van der Waals surface area (Å²) in [7, 11) is 1.87. The number of rotatable bonds is 3. The summed E-state index contributed by atoms with van der Waals surface area (Å²) < 4.78 is 18.4. The minimum Gasteiger partial charge on any atom is -0.469 e. The third-order valence-electron chi connectivity index (χ3n) is 2.85. The number of halogens is 2. The van der Waals surface area contributed by atoms with Crippen LogP contribution in [0.1, 0.15) is 11.3 Å². The van der Waals surface area contributed by atoms with Gasteiger partial charge in [0.1, 0.15) is 11.6 Å². The Labute approximate surface area is 110 Å². The molecule has 0 saturated carbocycles. The Hall–Kier alpha value is -1.68. The van der Waals surface area contributed by atoms with Crippen LogP contribution >= 0.6 is 11.6 Å². The van der Waals surface area contributed by atoms with E-state index < -0.39 is 5.82 Å². The number of nitrogen functional groups attached to an aromatic ring is 1. The summed E-state index contributed by atoms with van der Waals surface area (Å²) in [5.41, 5.74) is 7.91. The summed E-state index contributed by atoms with van der Waals surface area (Å²) in [6.45, 7) is 2.51. The van der Waals surface area contributed by atoms with E-state index in [1.54, 1.807) is 6.26 Å². The van der Waals surface area contributed by atoms with Crippen molar-refractivity contribution in [1.29, 1.82) is 0 Å². The van der Waals surface area contributed by atoms with Gasteiger partial charge in [-0.25, -0.2) is 4.39 Å².